The number of fused-ring (bicyclic) bond motifs is 1. The minimum Gasteiger partial charge on any atom is -0.267 e. The predicted molar refractivity (Wildman–Crippen MR) is 95.4 cm³/mol. The maximum atomic E-state index is 12.1. The van der Waals surface area contributed by atoms with Crippen molar-refractivity contribution in [3.05, 3.63) is 71.9 Å². The Morgan fingerprint density at radius 1 is 0.880 bits per heavy atom. The Morgan fingerprint density at radius 3 is 2.28 bits per heavy atom. The summed E-state index contributed by atoms with van der Waals surface area (Å²) >= 11 is 0. The molecule has 1 aromatic heterocycles. The van der Waals surface area contributed by atoms with Gasteiger partial charge in [0.1, 0.15) is 5.69 Å². The van der Waals surface area contributed by atoms with Crippen LogP contribution < -0.4 is 10.9 Å². The van der Waals surface area contributed by atoms with Crippen LogP contribution in [0.2, 0.25) is 0 Å². The highest BCUT2D eigenvalue weighted by molar-refractivity contribution is 7.84. The fourth-order valence-electron chi connectivity index (χ4n) is 2.24. The molecule has 0 unspecified atom stereocenters. The summed E-state index contributed by atoms with van der Waals surface area (Å²) in [6.45, 7) is 0. The van der Waals surface area contributed by atoms with Crippen LogP contribution in [0.1, 0.15) is 20.8 Å². The highest BCUT2D eigenvalue weighted by Crippen LogP contribution is 2.11. The van der Waals surface area contributed by atoms with E-state index in [4.69, 9.17) is 0 Å². The highest BCUT2D eigenvalue weighted by Gasteiger charge is 2.11. The van der Waals surface area contributed by atoms with E-state index >= 15 is 0 Å². The lowest BCUT2D eigenvalue weighted by Gasteiger charge is -2.08. The molecule has 0 spiro atoms. The summed E-state index contributed by atoms with van der Waals surface area (Å²) in [5, 5.41) is 0.927. The molecule has 0 saturated carbocycles. The molecule has 25 heavy (non-hydrogen) atoms. The molecule has 0 aliphatic heterocycles. The molecule has 3 aromatic rings. The van der Waals surface area contributed by atoms with Crippen molar-refractivity contribution in [3.8, 4) is 0 Å². The third kappa shape index (κ3) is 3.89. The first-order chi connectivity index (χ1) is 12.0. The van der Waals surface area contributed by atoms with Gasteiger partial charge in [-0.3, -0.25) is 24.6 Å². The summed E-state index contributed by atoms with van der Waals surface area (Å²) in [5.41, 5.74) is 5.93. The van der Waals surface area contributed by atoms with Gasteiger partial charge in [0.2, 0.25) is 0 Å². The summed E-state index contributed by atoms with van der Waals surface area (Å²) in [7, 11) is -1.11. The molecule has 2 amide bonds. The summed E-state index contributed by atoms with van der Waals surface area (Å²) in [5.74, 6) is -0.979. The van der Waals surface area contributed by atoms with Crippen LogP contribution in [-0.2, 0) is 10.8 Å². The Hall–Kier alpha value is -3.06. The minimum atomic E-state index is -1.11. The summed E-state index contributed by atoms with van der Waals surface area (Å²) < 4.78 is 11.3. The number of carbonyl (C=O) groups excluding carboxylic acids is 2. The number of hydrogen-bond acceptors (Lipinski definition) is 4. The van der Waals surface area contributed by atoms with Gasteiger partial charge in [0, 0.05) is 32.9 Å². The van der Waals surface area contributed by atoms with Crippen LogP contribution in [0.3, 0.4) is 0 Å². The van der Waals surface area contributed by atoms with Crippen LogP contribution in [0.4, 0.5) is 0 Å². The molecule has 0 aliphatic carbocycles. The van der Waals surface area contributed by atoms with E-state index in [1.54, 1.807) is 42.7 Å². The Labute approximate surface area is 146 Å². The number of amides is 2. The van der Waals surface area contributed by atoms with Gasteiger partial charge in [0.25, 0.3) is 11.8 Å². The van der Waals surface area contributed by atoms with Crippen LogP contribution in [0.15, 0.2) is 65.6 Å². The van der Waals surface area contributed by atoms with Gasteiger partial charge in [0.05, 0.1) is 5.52 Å². The van der Waals surface area contributed by atoms with Crippen LogP contribution in [0.5, 0.6) is 0 Å². The molecule has 1 atom stereocenters. The smallest absolute Gasteiger partial charge is 0.267 e. The number of benzene rings is 2. The molecule has 0 bridgehead atoms. The zero-order valence-corrected chi connectivity index (χ0v) is 14.2. The Bertz CT molecular complexity index is 971. The van der Waals surface area contributed by atoms with E-state index < -0.39 is 22.6 Å². The van der Waals surface area contributed by atoms with Crippen molar-refractivity contribution in [2.75, 3.05) is 6.26 Å². The molecule has 7 heteroatoms. The van der Waals surface area contributed by atoms with Crippen molar-refractivity contribution in [2.45, 2.75) is 4.90 Å². The zero-order valence-electron chi connectivity index (χ0n) is 13.4. The van der Waals surface area contributed by atoms with Gasteiger partial charge >= 0.3 is 0 Å². The molecule has 126 valence electrons. The fourth-order valence-corrected chi connectivity index (χ4v) is 2.76. The van der Waals surface area contributed by atoms with E-state index in [1.165, 1.54) is 0 Å². The van der Waals surface area contributed by atoms with E-state index in [0.29, 0.717) is 16.0 Å². The van der Waals surface area contributed by atoms with E-state index in [2.05, 4.69) is 15.8 Å². The number of rotatable bonds is 3. The fraction of sp³-hybridized carbons (Fsp3) is 0.0556. The Kier molecular flexibility index (Phi) is 4.85. The molecule has 1 heterocycles. The van der Waals surface area contributed by atoms with E-state index in [-0.39, 0.29) is 5.69 Å². The quantitative estimate of drug-likeness (QED) is 0.706. The molecular formula is C18H15N3O3S. The van der Waals surface area contributed by atoms with Gasteiger partial charge in [-0.15, -0.1) is 0 Å². The van der Waals surface area contributed by atoms with Crippen molar-refractivity contribution in [2.24, 2.45) is 0 Å². The van der Waals surface area contributed by atoms with Crippen molar-refractivity contribution in [1.82, 2.24) is 15.8 Å². The number of hydrazine groups is 1. The number of nitrogens with one attached hydrogen (secondary N) is 2. The van der Waals surface area contributed by atoms with Crippen molar-refractivity contribution < 1.29 is 13.8 Å². The summed E-state index contributed by atoms with van der Waals surface area (Å²) in [4.78, 5) is 29.1. The third-order valence-electron chi connectivity index (χ3n) is 3.57. The van der Waals surface area contributed by atoms with Gasteiger partial charge < -0.3 is 0 Å². The van der Waals surface area contributed by atoms with E-state index in [1.807, 2.05) is 24.3 Å². The van der Waals surface area contributed by atoms with Crippen LogP contribution in [-0.4, -0.2) is 27.3 Å². The van der Waals surface area contributed by atoms with Gasteiger partial charge in [-0.2, -0.15) is 0 Å². The van der Waals surface area contributed by atoms with E-state index in [9.17, 15) is 13.8 Å². The SMILES string of the molecule is C[S@](=O)c1ccc(C(=O)NNC(=O)c2ccc3ccccc3n2)cc1. The normalized spacial score (nSPS) is 11.7. The topological polar surface area (TPSA) is 88.2 Å². The second-order valence-electron chi connectivity index (χ2n) is 5.28. The standard InChI is InChI=1S/C18H15N3O3S/c1-25(24)14-9-6-13(7-10-14)17(22)20-21-18(23)16-11-8-12-4-2-3-5-15(12)19-16/h2-11H,1H3,(H,20,22)(H,21,23)/t25-/m0/s1. The number of carbonyl (C=O) groups is 2. The number of hydrogen-bond donors (Lipinski definition) is 2. The van der Waals surface area contributed by atoms with Gasteiger partial charge in [-0.05, 0) is 36.4 Å². The molecule has 6 nitrogen and oxygen atoms in total. The number of nitrogens with zero attached hydrogens (tertiary/aromatic N) is 1. The number of aromatic nitrogens is 1. The molecule has 0 saturated heterocycles. The lowest BCUT2D eigenvalue weighted by Crippen LogP contribution is -2.41. The summed E-state index contributed by atoms with van der Waals surface area (Å²) in [6, 6.07) is 17.1. The van der Waals surface area contributed by atoms with E-state index in [0.717, 1.165) is 5.39 Å². The Balaban J connectivity index is 1.66. The first-order valence-electron chi connectivity index (χ1n) is 7.44. The van der Waals surface area contributed by atoms with Crippen molar-refractivity contribution in [1.29, 1.82) is 0 Å². The first kappa shape index (κ1) is 16.8. The average molecular weight is 353 g/mol. The van der Waals surface area contributed by atoms with Gasteiger partial charge in [0.15, 0.2) is 0 Å². The predicted octanol–water partition coefficient (Wildman–Crippen LogP) is 2.05. The third-order valence-corrected chi connectivity index (χ3v) is 4.51. The second kappa shape index (κ2) is 7.23. The van der Waals surface area contributed by atoms with Crippen LogP contribution in [0.25, 0.3) is 10.9 Å². The monoisotopic (exact) mass is 353 g/mol. The highest BCUT2D eigenvalue weighted by atomic mass is 32.2. The molecule has 2 aromatic carbocycles. The molecule has 2 N–H and O–H groups in total. The first-order valence-corrected chi connectivity index (χ1v) is 9.00. The minimum absolute atomic E-state index is 0.204. The lowest BCUT2D eigenvalue weighted by atomic mass is 10.2. The lowest BCUT2D eigenvalue weighted by molar-refractivity contribution is 0.0844. The van der Waals surface area contributed by atoms with Crippen molar-refractivity contribution >= 4 is 33.5 Å². The molecule has 0 aliphatic rings. The maximum absolute atomic E-state index is 12.1. The molecule has 0 fully saturated rings. The molecule has 0 radical (unpaired) electrons. The zero-order chi connectivity index (χ0) is 17.8. The molecule has 3 rings (SSSR count). The number of pyridine rings is 1. The molecular weight excluding hydrogens is 338 g/mol. The largest absolute Gasteiger partial charge is 0.288 e. The average Bonchev–Trinajstić information content (AvgIpc) is 2.65. The second-order valence-corrected chi connectivity index (χ2v) is 6.66. The van der Waals surface area contributed by atoms with Crippen LogP contribution in [0, 0.1) is 0 Å². The Morgan fingerprint density at radius 2 is 1.56 bits per heavy atom. The number of para-hydroxylation sites is 1. The summed E-state index contributed by atoms with van der Waals surface area (Å²) in [6.07, 6.45) is 1.56. The maximum Gasteiger partial charge on any atom is 0.288 e. The van der Waals surface area contributed by atoms with Gasteiger partial charge in [-0.25, -0.2) is 4.98 Å². The van der Waals surface area contributed by atoms with Crippen LogP contribution >= 0.6 is 0 Å². The van der Waals surface area contributed by atoms with Gasteiger partial charge in [-0.1, -0.05) is 24.3 Å². The van der Waals surface area contributed by atoms with Crippen molar-refractivity contribution in [3.63, 3.8) is 0 Å².